The zero-order valence-corrected chi connectivity index (χ0v) is 15.1. The smallest absolute Gasteiger partial charge is 0.216 e. The van der Waals surface area contributed by atoms with E-state index in [1.165, 1.54) is 23.3 Å². The highest BCUT2D eigenvalue weighted by molar-refractivity contribution is 5.17. The van der Waals surface area contributed by atoms with Crippen LogP contribution in [0.15, 0.2) is 54.7 Å². The Hall–Kier alpha value is -2.60. The van der Waals surface area contributed by atoms with Crippen LogP contribution in [0.2, 0.25) is 0 Å². The molecule has 134 valence electrons. The number of nitrogens with one attached hydrogen (secondary N) is 1. The Bertz CT molecular complexity index is 809. The summed E-state index contributed by atoms with van der Waals surface area (Å²) < 4.78 is 1.93. The Kier molecular flexibility index (Phi) is 5.02. The molecule has 1 saturated heterocycles. The average Bonchev–Trinajstić information content (AvgIpc) is 3.13. The summed E-state index contributed by atoms with van der Waals surface area (Å²) in [6.45, 7) is 5.27. The Balaban J connectivity index is 1.67. The molecule has 0 radical (unpaired) electrons. The number of benzene rings is 1. The molecule has 2 aromatic heterocycles. The molecule has 1 aliphatic heterocycles. The molecule has 4 rings (SSSR count). The summed E-state index contributed by atoms with van der Waals surface area (Å²) in [7, 11) is 0. The first-order valence-corrected chi connectivity index (χ1v) is 9.37. The van der Waals surface area contributed by atoms with E-state index >= 15 is 0 Å². The molecule has 0 aliphatic carbocycles. The molecule has 0 spiro atoms. The van der Waals surface area contributed by atoms with Crippen LogP contribution in [0, 0.1) is 5.92 Å². The Morgan fingerprint density at radius 1 is 1.08 bits per heavy atom. The summed E-state index contributed by atoms with van der Waals surface area (Å²) in [5.41, 5.74) is 2.24. The highest BCUT2D eigenvalue weighted by atomic mass is 15.5. The lowest BCUT2D eigenvalue weighted by molar-refractivity contribution is -0.932. The van der Waals surface area contributed by atoms with E-state index in [1.807, 2.05) is 41.2 Å². The van der Waals surface area contributed by atoms with Gasteiger partial charge in [-0.2, -0.15) is 0 Å². The van der Waals surface area contributed by atoms with Crippen LogP contribution in [0.3, 0.4) is 0 Å². The molecule has 6 nitrogen and oxygen atoms in total. The topological polar surface area (TPSA) is 60.9 Å². The molecule has 1 fully saturated rings. The van der Waals surface area contributed by atoms with Crippen molar-refractivity contribution in [2.75, 3.05) is 13.1 Å². The van der Waals surface area contributed by atoms with Gasteiger partial charge in [0.1, 0.15) is 5.69 Å². The fourth-order valence-corrected chi connectivity index (χ4v) is 3.78. The SMILES string of the molecule is CC1CC[NH+]([C@@H](c2ccccn2)c2nnnn2Cc2ccccc2)CC1. The summed E-state index contributed by atoms with van der Waals surface area (Å²) in [6.07, 6.45) is 4.33. The van der Waals surface area contributed by atoms with Crippen molar-refractivity contribution in [3.05, 3.63) is 71.8 Å². The van der Waals surface area contributed by atoms with Crippen molar-refractivity contribution in [3.63, 3.8) is 0 Å². The van der Waals surface area contributed by atoms with E-state index in [-0.39, 0.29) is 6.04 Å². The number of hydrogen-bond donors (Lipinski definition) is 1. The summed E-state index contributed by atoms with van der Waals surface area (Å²) in [4.78, 5) is 6.15. The summed E-state index contributed by atoms with van der Waals surface area (Å²) >= 11 is 0. The quantitative estimate of drug-likeness (QED) is 0.759. The molecule has 3 aromatic rings. The van der Waals surface area contributed by atoms with E-state index in [4.69, 9.17) is 0 Å². The van der Waals surface area contributed by atoms with Gasteiger partial charge < -0.3 is 4.90 Å². The fourth-order valence-electron chi connectivity index (χ4n) is 3.78. The van der Waals surface area contributed by atoms with Crippen LogP contribution in [0.5, 0.6) is 0 Å². The number of rotatable bonds is 5. The maximum Gasteiger partial charge on any atom is 0.216 e. The van der Waals surface area contributed by atoms with Gasteiger partial charge in [0, 0.05) is 6.20 Å². The molecular weight excluding hydrogens is 324 g/mol. The van der Waals surface area contributed by atoms with E-state index in [0.29, 0.717) is 6.54 Å². The second-order valence-corrected chi connectivity index (χ2v) is 7.21. The van der Waals surface area contributed by atoms with Crippen molar-refractivity contribution < 1.29 is 4.90 Å². The minimum absolute atomic E-state index is 0.0717. The first kappa shape index (κ1) is 16.8. The second kappa shape index (κ2) is 7.74. The molecule has 0 unspecified atom stereocenters. The molecule has 1 N–H and O–H groups in total. The predicted octanol–water partition coefficient (Wildman–Crippen LogP) is 1.52. The highest BCUT2D eigenvalue weighted by Gasteiger charge is 2.34. The highest BCUT2D eigenvalue weighted by Crippen LogP contribution is 2.18. The summed E-state index contributed by atoms with van der Waals surface area (Å²) in [5, 5.41) is 12.7. The van der Waals surface area contributed by atoms with Gasteiger partial charge in [0.15, 0.2) is 6.04 Å². The Morgan fingerprint density at radius 2 is 1.85 bits per heavy atom. The molecule has 1 atom stereocenters. The van der Waals surface area contributed by atoms with Crippen molar-refractivity contribution in [2.24, 2.45) is 5.92 Å². The normalized spacial score (nSPS) is 21.4. The largest absolute Gasteiger partial charge is 0.321 e. The monoisotopic (exact) mass is 349 g/mol. The average molecular weight is 349 g/mol. The van der Waals surface area contributed by atoms with Crippen molar-refractivity contribution >= 4 is 0 Å². The van der Waals surface area contributed by atoms with Gasteiger partial charge in [-0.1, -0.05) is 43.3 Å². The Morgan fingerprint density at radius 3 is 2.58 bits per heavy atom. The van der Waals surface area contributed by atoms with Crippen LogP contribution < -0.4 is 4.90 Å². The maximum atomic E-state index is 4.65. The number of piperidine rings is 1. The zero-order valence-electron chi connectivity index (χ0n) is 15.1. The molecule has 6 heteroatoms. The van der Waals surface area contributed by atoms with Crippen LogP contribution in [0.25, 0.3) is 0 Å². The molecule has 1 aliphatic rings. The van der Waals surface area contributed by atoms with Gasteiger partial charge in [-0.3, -0.25) is 4.98 Å². The van der Waals surface area contributed by atoms with Gasteiger partial charge in [0.05, 0.1) is 19.6 Å². The lowest BCUT2D eigenvalue weighted by Crippen LogP contribution is -3.13. The van der Waals surface area contributed by atoms with Crippen molar-refractivity contribution in [1.29, 1.82) is 0 Å². The van der Waals surface area contributed by atoms with Crippen LogP contribution >= 0.6 is 0 Å². The zero-order chi connectivity index (χ0) is 17.8. The number of nitrogens with zero attached hydrogens (tertiary/aromatic N) is 5. The lowest BCUT2D eigenvalue weighted by Gasteiger charge is -2.32. The Labute approximate surface area is 153 Å². The maximum absolute atomic E-state index is 4.65. The number of quaternary nitrogens is 1. The van der Waals surface area contributed by atoms with Crippen molar-refractivity contribution in [3.8, 4) is 0 Å². The fraction of sp³-hybridized carbons (Fsp3) is 0.400. The number of aromatic nitrogens is 5. The molecule has 3 heterocycles. The summed E-state index contributed by atoms with van der Waals surface area (Å²) in [6, 6.07) is 16.5. The number of tetrazole rings is 1. The standard InChI is InChI=1S/C20H24N6/c1-16-10-13-25(14-11-16)19(18-9-5-6-12-21-18)20-22-23-24-26(20)15-17-7-3-2-4-8-17/h2-9,12,16,19H,10-11,13-15H2,1H3/p+1/t19-/m0/s1. The van der Waals surface area contributed by atoms with Crippen molar-refractivity contribution in [1.82, 2.24) is 25.2 Å². The minimum atomic E-state index is 0.0717. The minimum Gasteiger partial charge on any atom is -0.321 e. The van der Waals surface area contributed by atoms with E-state index in [2.05, 4.69) is 45.6 Å². The van der Waals surface area contributed by atoms with Gasteiger partial charge in [0.2, 0.25) is 5.82 Å². The van der Waals surface area contributed by atoms with Crippen LogP contribution in [-0.4, -0.2) is 38.3 Å². The molecular formula is C20H25N6+. The van der Waals surface area contributed by atoms with Crippen LogP contribution in [0.4, 0.5) is 0 Å². The second-order valence-electron chi connectivity index (χ2n) is 7.21. The van der Waals surface area contributed by atoms with Crippen molar-refractivity contribution in [2.45, 2.75) is 32.4 Å². The molecule has 0 saturated carbocycles. The number of pyridine rings is 1. The third-order valence-corrected chi connectivity index (χ3v) is 5.30. The summed E-state index contributed by atoms with van der Waals surface area (Å²) in [5.74, 6) is 1.69. The molecule has 26 heavy (non-hydrogen) atoms. The van der Waals surface area contributed by atoms with Gasteiger partial charge in [-0.05, 0) is 46.9 Å². The number of likely N-dealkylation sites (tertiary alicyclic amines) is 1. The van der Waals surface area contributed by atoms with E-state index in [9.17, 15) is 0 Å². The molecule has 0 amide bonds. The van der Waals surface area contributed by atoms with Gasteiger partial charge in [-0.15, -0.1) is 5.10 Å². The van der Waals surface area contributed by atoms with E-state index < -0.39 is 0 Å². The third-order valence-electron chi connectivity index (χ3n) is 5.30. The van der Waals surface area contributed by atoms with Crippen LogP contribution in [-0.2, 0) is 6.54 Å². The van der Waals surface area contributed by atoms with Gasteiger partial charge in [-0.25, -0.2) is 4.68 Å². The molecule has 1 aromatic carbocycles. The molecule has 0 bridgehead atoms. The predicted molar refractivity (Wildman–Crippen MR) is 98.5 cm³/mol. The van der Waals surface area contributed by atoms with Gasteiger partial charge >= 0.3 is 0 Å². The van der Waals surface area contributed by atoms with E-state index in [0.717, 1.165) is 30.5 Å². The van der Waals surface area contributed by atoms with Gasteiger partial charge in [0.25, 0.3) is 0 Å². The van der Waals surface area contributed by atoms with E-state index in [1.54, 1.807) is 0 Å². The lowest BCUT2D eigenvalue weighted by atomic mass is 9.97. The van der Waals surface area contributed by atoms with Crippen LogP contribution in [0.1, 0.15) is 42.9 Å². The third kappa shape index (κ3) is 3.65. The first-order valence-electron chi connectivity index (χ1n) is 9.37. The first-order chi connectivity index (χ1) is 12.8. The number of hydrogen-bond acceptors (Lipinski definition) is 4.